The summed E-state index contributed by atoms with van der Waals surface area (Å²) >= 11 is 0. The fourth-order valence-corrected chi connectivity index (χ4v) is 3.06. The number of likely N-dealkylation sites (tertiary alicyclic amines) is 1. The van der Waals surface area contributed by atoms with Crippen LogP contribution in [0.1, 0.15) is 31.4 Å². The molecule has 2 unspecified atom stereocenters. The molecule has 4 heteroatoms. The summed E-state index contributed by atoms with van der Waals surface area (Å²) < 4.78 is 0. The lowest BCUT2D eigenvalue weighted by Gasteiger charge is -2.28. The average Bonchev–Trinajstić information content (AvgIpc) is 2.96. The van der Waals surface area contributed by atoms with Gasteiger partial charge in [-0.1, -0.05) is 19.1 Å². The topological polar surface area (TPSA) is 35.6 Å². The quantitative estimate of drug-likeness (QED) is 0.903. The fraction of sp³-hybridized carbons (Fsp3) is 0.588. The van der Waals surface area contributed by atoms with E-state index in [1.54, 1.807) is 0 Å². The SMILES string of the molecule is CNCC(C)C(=O)N1CCCC1c1cccc(N(C)C)c1. The lowest BCUT2D eigenvalue weighted by atomic mass is 10.0. The number of carbonyl (C=O) groups excluding carboxylic acids is 1. The lowest BCUT2D eigenvalue weighted by molar-refractivity contribution is -0.135. The van der Waals surface area contributed by atoms with Crippen molar-refractivity contribution in [2.45, 2.75) is 25.8 Å². The van der Waals surface area contributed by atoms with Crippen LogP contribution in [0.5, 0.6) is 0 Å². The number of rotatable bonds is 5. The molecule has 1 aliphatic heterocycles. The highest BCUT2D eigenvalue weighted by Crippen LogP contribution is 2.34. The largest absolute Gasteiger partial charge is 0.378 e. The molecule has 2 rings (SSSR count). The highest BCUT2D eigenvalue weighted by atomic mass is 16.2. The maximum absolute atomic E-state index is 12.6. The van der Waals surface area contributed by atoms with Crippen molar-refractivity contribution < 1.29 is 4.79 Å². The van der Waals surface area contributed by atoms with Gasteiger partial charge in [0, 0.05) is 38.8 Å². The van der Waals surface area contributed by atoms with Gasteiger partial charge in [0.05, 0.1) is 6.04 Å². The van der Waals surface area contributed by atoms with E-state index in [1.165, 1.54) is 11.3 Å². The van der Waals surface area contributed by atoms with Crippen molar-refractivity contribution in [1.29, 1.82) is 0 Å². The molecule has 0 saturated carbocycles. The van der Waals surface area contributed by atoms with Crippen LogP contribution in [0, 0.1) is 5.92 Å². The summed E-state index contributed by atoms with van der Waals surface area (Å²) in [4.78, 5) is 16.8. The van der Waals surface area contributed by atoms with Gasteiger partial charge in [-0.3, -0.25) is 4.79 Å². The molecule has 1 heterocycles. The summed E-state index contributed by atoms with van der Waals surface area (Å²) in [5.41, 5.74) is 2.44. The van der Waals surface area contributed by atoms with Gasteiger partial charge in [-0.05, 0) is 37.6 Å². The highest BCUT2D eigenvalue weighted by Gasteiger charge is 2.32. The molecule has 1 saturated heterocycles. The third-order valence-corrected chi connectivity index (χ3v) is 4.24. The second kappa shape index (κ2) is 6.94. The van der Waals surface area contributed by atoms with E-state index >= 15 is 0 Å². The van der Waals surface area contributed by atoms with Crippen molar-refractivity contribution in [1.82, 2.24) is 10.2 Å². The molecule has 1 aliphatic rings. The molecule has 1 N–H and O–H groups in total. The van der Waals surface area contributed by atoms with Crippen LogP contribution in [0.2, 0.25) is 0 Å². The summed E-state index contributed by atoms with van der Waals surface area (Å²) in [6, 6.07) is 8.78. The molecule has 0 spiro atoms. The van der Waals surface area contributed by atoms with Gasteiger partial charge in [0.25, 0.3) is 0 Å². The Morgan fingerprint density at radius 3 is 2.90 bits per heavy atom. The lowest BCUT2D eigenvalue weighted by Crippen LogP contribution is -2.38. The van der Waals surface area contributed by atoms with E-state index in [-0.39, 0.29) is 17.9 Å². The Hall–Kier alpha value is -1.55. The van der Waals surface area contributed by atoms with Crippen LogP contribution in [0.4, 0.5) is 5.69 Å². The van der Waals surface area contributed by atoms with E-state index in [0.29, 0.717) is 0 Å². The fourth-order valence-electron chi connectivity index (χ4n) is 3.06. The number of carbonyl (C=O) groups is 1. The first kappa shape index (κ1) is 15.8. The second-order valence-corrected chi connectivity index (χ2v) is 6.14. The molecule has 4 nitrogen and oxygen atoms in total. The van der Waals surface area contributed by atoms with Gasteiger partial charge >= 0.3 is 0 Å². The number of anilines is 1. The van der Waals surface area contributed by atoms with Crippen LogP contribution in [0.25, 0.3) is 0 Å². The van der Waals surface area contributed by atoms with E-state index < -0.39 is 0 Å². The van der Waals surface area contributed by atoms with Crippen molar-refractivity contribution in [2.75, 3.05) is 39.1 Å². The number of hydrogen-bond acceptors (Lipinski definition) is 3. The zero-order valence-corrected chi connectivity index (χ0v) is 13.6. The highest BCUT2D eigenvalue weighted by molar-refractivity contribution is 5.79. The van der Waals surface area contributed by atoms with Crippen molar-refractivity contribution >= 4 is 11.6 Å². The molecule has 0 aromatic heterocycles. The maximum Gasteiger partial charge on any atom is 0.227 e. The summed E-state index contributed by atoms with van der Waals surface area (Å²) in [6.07, 6.45) is 2.16. The van der Waals surface area contributed by atoms with Crippen LogP contribution >= 0.6 is 0 Å². The summed E-state index contributed by atoms with van der Waals surface area (Å²) in [5, 5.41) is 3.10. The van der Waals surface area contributed by atoms with Crippen molar-refractivity contribution in [2.24, 2.45) is 5.92 Å². The second-order valence-electron chi connectivity index (χ2n) is 6.14. The monoisotopic (exact) mass is 289 g/mol. The third kappa shape index (κ3) is 3.56. The predicted molar refractivity (Wildman–Crippen MR) is 87.5 cm³/mol. The van der Waals surface area contributed by atoms with Gasteiger partial charge in [0.1, 0.15) is 0 Å². The molecule has 2 atom stereocenters. The van der Waals surface area contributed by atoms with Crippen LogP contribution in [0.15, 0.2) is 24.3 Å². The first-order chi connectivity index (χ1) is 10.0. The standard InChI is InChI=1S/C17H27N3O/c1-13(12-18-2)17(21)20-10-6-9-16(20)14-7-5-8-15(11-14)19(3)4/h5,7-8,11,13,16,18H,6,9-10,12H2,1-4H3. The Balaban J connectivity index is 2.18. The Morgan fingerprint density at radius 2 is 2.24 bits per heavy atom. The number of hydrogen-bond donors (Lipinski definition) is 1. The summed E-state index contributed by atoms with van der Waals surface area (Å²) in [6.45, 7) is 3.62. The number of nitrogens with zero attached hydrogens (tertiary/aromatic N) is 2. The van der Waals surface area contributed by atoms with Gasteiger partial charge in [0.2, 0.25) is 5.91 Å². The van der Waals surface area contributed by atoms with Gasteiger partial charge < -0.3 is 15.1 Å². The molecule has 21 heavy (non-hydrogen) atoms. The third-order valence-electron chi connectivity index (χ3n) is 4.24. The van der Waals surface area contributed by atoms with E-state index in [9.17, 15) is 4.79 Å². The maximum atomic E-state index is 12.6. The Kier molecular flexibility index (Phi) is 5.23. The predicted octanol–water partition coefficient (Wildman–Crippen LogP) is 2.27. The van der Waals surface area contributed by atoms with Gasteiger partial charge in [-0.2, -0.15) is 0 Å². The zero-order valence-electron chi connectivity index (χ0n) is 13.6. The van der Waals surface area contributed by atoms with Crippen LogP contribution in [-0.2, 0) is 4.79 Å². The average molecular weight is 289 g/mol. The zero-order chi connectivity index (χ0) is 15.4. The molecule has 1 amide bonds. The Labute approximate surface area is 128 Å². The smallest absolute Gasteiger partial charge is 0.227 e. The molecule has 1 aromatic rings. The molecule has 0 bridgehead atoms. The number of benzene rings is 1. The van der Waals surface area contributed by atoms with Gasteiger partial charge in [-0.25, -0.2) is 0 Å². The number of amides is 1. The first-order valence-electron chi connectivity index (χ1n) is 7.77. The summed E-state index contributed by atoms with van der Waals surface area (Å²) in [7, 11) is 5.99. The Bertz CT molecular complexity index is 487. The number of nitrogens with one attached hydrogen (secondary N) is 1. The molecule has 0 radical (unpaired) electrons. The Morgan fingerprint density at radius 1 is 1.48 bits per heavy atom. The van der Waals surface area contributed by atoms with Crippen molar-refractivity contribution in [3.63, 3.8) is 0 Å². The molecule has 0 aliphatic carbocycles. The minimum atomic E-state index is 0.0348. The molecule has 1 aromatic carbocycles. The van der Waals surface area contributed by atoms with Crippen LogP contribution < -0.4 is 10.2 Å². The van der Waals surface area contributed by atoms with Crippen LogP contribution in [-0.4, -0.2) is 45.0 Å². The molecule has 1 fully saturated rings. The first-order valence-corrected chi connectivity index (χ1v) is 7.77. The van der Waals surface area contributed by atoms with Crippen molar-refractivity contribution in [3.05, 3.63) is 29.8 Å². The van der Waals surface area contributed by atoms with E-state index in [4.69, 9.17) is 0 Å². The minimum absolute atomic E-state index is 0.0348. The van der Waals surface area contributed by atoms with Gasteiger partial charge in [0.15, 0.2) is 0 Å². The molecule has 116 valence electrons. The van der Waals surface area contributed by atoms with E-state index in [0.717, 1.165) is 25.9 Å². The van der Waals surface area contributed by atoms with Crippen molar-refractivity contribution in [3.8, 4) is 0 Å². The molecular weight excluding hydrogens is 262 g/mol. The molecular formula is C17H27N3O. The van der Waals surface area contributed by atoms with Gasteiger partial charge in [-0.15, -0.1) is 0 Å². The minimum Gasteiger partial charge on any atom is -0.378 e. The van der Waals surface area contributed by atoms with E-state index in [1.807, 2.05) is 28.1 Å². The summed E-state index contributed by atoms with van der Waals surface area (Å²) in [5.74, 6) is 0.301. The van der Waals surface area contributed by atoms with Crippen LogP contribution in [0.3, 0.4) is 0 Å². The van der Waals surface area contributed by atoms with E-state index in [2.05, 4.69) is 39.4 Å². The normalized spacial score (nSPS) is 19.6.